The Balaban J connectivity index is 0.000000358. The van der Waals surface area contributed by atoms with Gasteiger partial charge in [0.05, 0.1) is 5.60 Å². The number of hydrogen-bond donors (Lipinski definition) is 0. The molecule has 0 saturated carbocycles. The molecule has 0 spiro atoms. The van der Waals surface area contributed by atoms with E-state index < -0.39 is 0 Å². The molecule has 2 heterocycles. The van der Waals surface area contributed by atoms with Crippen LogP contribution in [0.2, 0.25) is 0 Å². The van der Waals surface area contributed by atoms with E-state index >= 15 is 0 Å². The molecule has 142 valence electrons. The molecule has 0 aromatic carbocycles. The number of likely N-dealkylation sites (tertiary alicyclic amines) is 1. The van der Waals surface area contributed by atoms with Crippen molar-refractivity contribution in [1.29, 1.82) is 0 Å². The van der Waals surface area contributed by atoms with Gasteiger partial charge in [-0.05, 0) is 59.6 Å². The number of nitrogens with zero attached hydrogens (tertiary/aromatic N) is 2. The summed E-state index contributed by atoms with van der Waals surface area (Å²) in [6.45, 7) is 13.0. The summed E-state index contributed by atoms with van der Waals surface area (Å²) in [5.74, 6) is 0.0978. The molecular formula is C20H34N2O3. The Labute approximate surface area is 152 Å². The van der Waals surface area contributed by atoms with Gasteiger partial charge >= 0.3 is 0 Å². The van der Waals surface area contributed by atoms with Crippen LogP contribution in [0.1, 0.15) is 71.3 Å². The first-order valence-electron chi connectivity index (χ1n) is 8.78. The number of methoxy groups -OCH3 is 1. The standard InChI is InChI=1S/C8H9NO.C7H13NO.C5H12O/c1-2-8(10)7-5-3-4-6-9-7;1-7(2)4-3-5-8(7)6-9;1-5(2,3)6-4/h3-6H,2H2,1H3;6H,3-5H2,1-2H3;1-4H3. The van der Waals surface area contributed by atoms with Gasteiger partial charge in [-0.2, -0.15) is 0 Å². The van der Waals surface area contributed by atoms with Crippen LogP contribution >= 0.6 is 0 Å². The van der Waals surface area contributed by atoms with Crippen LogP contribution in [0.25, 0.3) is 0 Å². The van der Waals surface area contributed by atoms with Gasteiger partial charge < -0.3 is 9.64 Å². The zero-order valence-electron chi connectivity index (χ0n) is 16.8. The Hall–Kier alpha value is -1.75. The lowest BCUT2D eigenvalue weighted by Crippen LogP contribution is -2.36. The number of carbonyl (C=O) groups excluding carboxylic acids is 2. The first-order chi connectivity index (χ1) is 11.6. The van der Waals surface area contributed by atoms with Crippen LogP contribution in [0.4, 0.5) is 0 Å². The second-order valence-electron chi connectivity index (χ2n) is 7.52. The normalized spacial score (nSPS) is 15.4. The molecule has 1 aromatic rings. The maximum atomic E-state index is 11.0. The highest BCUT2D eigenvalue weighted by Crippen LogP contribution is 2.25. The second kappa shape index (κ2) is 11.0. The van der Waals surface area contributed by atoms with Crippen LogP contribution < -0.4 is 0 Å². The number of ketones is 1. The third-order valence-electron chi connectivity index (χ3n) is 3.98. The Morgan fingerprint density at radius 3 is 2.24 bits per heavy atom. The van der Waals surface area contributed by atoms with Crippen molar-refractivity contribution in [2.75, 3.05) is 13.7 Å². The molecule has 0 N–H and O–H groups in total. The number of aromatic nitrogens is 1. The van der Waals surface area contributed by atoms with Crippen LogP contribution in [0.15, 0.2) is 24.4 Å². The number of amides is 1. The molecule has 1 aliphatic rings. The molecule has 0 unspecified atom stereocenters. The van der Waals surface area contributed by atoms with Crippen LogP contribution in [0.3, 0.4) is 0 Å². The van der Waals surface area contributed by atoms with Gasteiger partial charge in [0.1, 0.15) is 5.69 Å². The second-order valence-corrected chi connectivity index (χ2v) is 7.52. The summed E-state index contributed by atoms with van der Waals surface area (Å²) < 4.78 is 4.94. The van der Waals surface area contributed by atoms with E-state index in [1.165, 1.54) is 0 Å². The van der Waals surface area contributed by atoms with E-state index in [-0.39, 0.29) is 16.9 Å². The van der Waals surface area contributed by atoms with Gasteiger partial charge in [-0.3, -0.25) is 14.6 Å². The van der Waals surface area contributed by atoms with Gasteiger partial charge in [0.15, 0.2) is 5.78 Å². The topological polar surface area (TPSA) is 59.5 Å². The average Bonchev–Trinajstić information content (AvgIpc) is 2.93. The number of Topliss-reactive ketones (excluding diaryl/α,β-unsaturated/α-hetero) is 1. The Morgan fingerprint density at radius 2 is 1.96 bits per heavy atom. The predicted molar refractivity (Wildman–Crippen MR) is 102 cm³/mol. The van der Waals surface area contributed by atoms with Crippen LogP contribution in [0.5, 0.6) is 0 Å². The molecule has 0 atom stereocenters. The van der Waals surface area contributed by atoms with Crippen molar-refractivity contribution >= 4 is 12.2 Å². The zero-order chi connectivity index (χ0) is 19.5. The number of carbonyl (C=O) groups is 2. The highest BCUT2D eigenvalue weighted by atomic mass is 16.5. The minimum absolute atomic E-state index is 0.0417. The average molecular weight is 351 g/mol. The summed E-state index contributed by atoms with van der Waals surface area (Å²) in [5.41, 5.74) is 0.729. The van der Waals surface area contributed by atoms with E-state index in [0.29, 0.717) is 12.1 Å². The minimum Gasteiger partial charge on any atom is -0.379 e. The molecule has 2 rings (SSSR count). The van der Waals surface area contributed by atoms with Gasteiger partial charge in [0.25, 0.3) is 0 Å². The Bertz CT molecular complexity index is 507. The largest absolute Gasteiger partial charge is 0.379 e. The fourth-order valence-corrected chi connectivity index (χ4v) is 2.03. The number of pyridine rings is 1. The van der Waals surface area contributed by atoms with Gasteiger partial charge in [-0.15, -0.1) is 0 Å². The van der Waals surface area contributed by atoms with Gasteiger partial charge in [0, 0.05) is 31.8 Å². The van der Waals surface area contributed by atoms with Gasteiger partial charge in [-0.25, -0.2) is 0 Å². The van der Waals surface area contributed by atoms with Crippen LogP contribution in [0, 0.1) is 0 Å². The fourth-order valence-electron chi connectivity index (χ4n) is 2.03. The maximum absolute atomic E-state index is 11.0. The van der Waals surface area contributed by atoms with Crippen molar-refractivity contribution in [3.8, 4) is 0 Å². The fraction of sp³-hybridized carbons (Fsp3) is 0.650. The number of ether oxygens (including phenoxy) is 1. The lowest BCUT2D eigenvalue weighted by molar-refractivity contribution is -0.120. The van der Waals surface area contributed by atoms with Crippen molar-refractivity contribution in [2.24, 2.45) is 0 Å². The van der Waals surface area contributed by atoms with Crippen molar-refractivity contribution < 1.29 is 14.3 Å². The minimum atomic E-state index is 0.0417. The van der Waals surface area contributed by atoms with Crippen LogP contribution in [-0.2, 0) is 9.53 Å². The van der Waals surface area contributed by atoms with Crippen LogP contribution in [-0.4, -0.2) is 46.9 Å². The Morgan fingerprint density at radius 1 is 1.36 bits per heavy atom. The molecule has 0 bridgehead atoms. The van der Waals surface area contributed by atoms with E-state index in [0.717, 1.165) is 25.8 Å². The molecule has 1 saturated heterocycles. The smallest absolute Gasteiger partial charge is 0.210 e. The summed E-state index contributed by atoms with van der Waals surface area (Å²) in [4.78, 5) is 27.1. The predicted octanol–water partition coefficient (Wildman–Crippen LogP) is 4.12. The lowest BCUT2D eigenvalue weighted by atomic mass is 10.0. The van der Waals surface area contributed by atoms with Gasteiger partial charge in [0.2, 0.25) is 6.41 Å². The first-order valence-corrected chi connectivity index (χ1v) is 8.78. The summed E-state index contributed by atoms with van der Waals surface area (Å²) >= 11 is 0. The van der Waals surface area contributed by atoms with E-state index in [9.17, 15) is 9.59 Å². The Kier molecular flexibility index (Phi) is 10.2. The molecule has 1 aliphatic heterocycles. The summed E-state index contributed by atoms with van der Waals surface area (Å²) in [5, 5.41) is 0. The molecule has 25 heavy (non-hydrogen) atoms. The molecule has 0 radical (unpaired) electrons. The van der Waals surface area contributed by atoms with Crippen molar-refractivity contribution in [1.82, 2.24) is 9.88 Å². The maximum Gasteiger partial charge on any atom is 0.210 e. The number of hydrogen-bond acceptors (Lipinski definition) is 4. The molecule has 0 aliphatic carbocycles. The summed E-state index contributed by atoms with van der Waals surface area (Å²) in [6.07, 6.45) is 5.41. The number of rotatable bonds is 3. The quantitative estimate of drug-likeness (QED) is 0.608. The molecule has 1 aromatic heterocycles. The molecule has 5 nitrogen and oxygen atoms in total. The summed E-state index contributed by atoms with van der Waals surface area (Å²) in [6, 6.07) is 5.34. The van der Waals surface area contributed by atoms with E-state index in [1.54, 1.807) is 25.4 Å². The third kappa shape index (κ3) is 9.97. The highest BCUT2D eigenvalue weighted by molar-refractivity contribution is 5.93. The molecule has 1 amide bonds. The SMILES string of the molecule is CC1(C)CCCN1C=O.CCC(=O)c1ccccn1.COC(C)(C)C. The van der Waals surface area contributed by atoms with Crippen molar-refractivity contribution in [2.45, 2.75) is 71.9 Å². The zero-order valence-corrected chi connectivity index (χ0v) is 16.8. The summed E-state index contributed by atoms with van der Waals surface area (Å²) in [7, 11) is 1.71. The van der Waals surface area contributed by atoms with Crippen molar-refractivity contribution in [3.63, 3.8) is 0 Å². The van der Waals surface area contributed by atoms with Gasteiger partial charge in [-0.1, -0.05) is 13.0 Å². The third-order valence-corrected chi connectivity index (χ3v) is 3.98. The molecule has 1 fully saturated rings. The van der Waals surface area contributed by atoms with E-state index in [1.807, 2.05) is 38.7 Å². The first kappa shape index (κ1) is 23.2. The highest BCUT2D eigenvalue weighted by Gasteiger charge is 2.30. The monoisotopic (exact) mass is 350 g/mol. The van der Waals surface area contributed by atoms with E-state index in [2.05, 4.69) is 18.8 Å². The molecular weight excluding hydrogens is 316 g/mol. The van der Waals surface area contributed by atoms with E-state index in [4.69, 9.17) is 4.74 Å². The molecule has 5 heteroatoms. The lowest BCUT2D eigenvalue weighted by Gasteiger charge is -2.27. The van der Waals surface area contributed by atoms with Crippen molar-refractivity contribution in [3.05, 3.63) is 30.1 Å².